The summed E-state index contributed by atoms with van der Waals surface area (Å²) in [7, 11) is 2.09. The fourth-order valence-electron chi connectivity index (χ4n) is 2.45. The number of carbonyl (C=O) groups is 1. The van der Waals surface area contributed by atoms with Crippen molar-refractivity contribution in [1.29, 1.82) is 0 Å². The molecule has 6 heteroatoms. The van der Waals surface area contributed by atoms with Gasteiger partial charge in [0.15, 0.2) is 0 Å². The van der Waals surface area contributed by atoms with E-state index in [1.54, 1.807) is 25.1 Å². The van der Waals surface area contributed by atoms with Crippen LogP contribution in [0.25, 0.3) is 0 Å². The molecule has 0 bridgehead atoms. The summed E-state index contributed by atoms with van der Waals surface area (Å²) in [5.74, 6) is -0.388. The molecular weight excluding hydrogens is 270 g/mol. The molecule has 1 aliphatic rings. The molecule has 0 unspecified atom stereocenters. The number of piperidine rings is 1. The predicted octanol–water partition coefficient (Wildman–Crippen LogP) is 2.77. The van der Waals surface area contributed by atoms with Gasteiger partial charge in [0.1, 0.15) is 5.69 Å². The fourth-order valence-corrected chi connectivity index (χ4v) is 2.45. The van der Waals surface area contributed by atoms with Crippen LogP contribution in [-0.2, 0) is 4.74 Å². The van der Waals surface area contributed by atoms with E-state index in [9.17, 15) is 9.70 Å². The number of anilines is 1. The Hall–Kier alpha value is -1.95. The van der Waals surface area contributed by atoms with Crippen molar-refractivity contribution in [2.24, 2.45) is 5.18 Å². The van der Waals surface area contributed by atoms with Crippen molar-refractivity contribution in [3.05, 3.63) is 28.7 Å². The lowest BCUT2D eigenvalue weighted by Crippen LogP contribution is -2.36. The molecule has 1 fully saturated rings. The number of nitroso groups, excluding NO2 is 1. The van der Waals surface area contributed by atoms with Crippen LogP contribution in [0.2, 0.25) is 0 Å². The third-order valence-electron chi connectivity index (χ3n) is 3.68. The van der Waals surface area contributed by atoms with Crippen LogP contribution in [0.1, 0.15) is 30.1 Å². The Bertz CT molecular complexity index is 511. The Balaban J connectivity index is 2.14. The van der Waals surface area contributed by atoms with Gasteiger partial charge in [-0.3, -0.25) is 0 Å². The van der Waals surface area contributed by atoms with Crippen LogP contribution in [0.3, 0.4) is 0 Å². The summed E-state index contributed by atoms with van der Waals surface area (Å²) in [6, 6.07) is 5.05. The lowest BCUT2D eigenvalue weighted by Gasteiger charge is -2.30. The van der Waals surface area contributed by atoms with Crippen LogP contribution >= 0.6 is 0 Å². The summed E-state index contributed by atoms with van der Waals surface area (Å²) in [5.41, 5.74) is 1.35. The van der Waals surface area contributed by atoms with Gasteiger partial charge < -0.3 is 15.0 Å². The van der Waals surface area contributed by atoms with Crippen LogP contribution in [-0.4, -0.2) is 43.7 Å². The highest BCUT2D eigenvalue weighted by atomic mass is 16.5. The van der Waals surface area contributed by atoms with Gasteiger partial charge in [-0.1, -0.05) is 0 Å². The van der Waals surface area contributed by atoms with Gasteiger partial charge in [-0.2, -0.15) is 0 Å². The lowest BCUT2D eigenvalue weighted by atomic mass is 10.0. The summed E-state index contributed by atoms with van der Waals surface area (Å²) >= 11 is 0. The van der Waals surface area contributed by atoms with Crippen molar-refractivity contribution in [2.75, 3.05) is 32.1 Å². The van der Waals surface area contributed by atoms with Crippen LogP contribution in [0.15, 0.2) is 23.4 Å². The first kappa shape index (κ1) is 15.4. The maximum absolute atomic E-state index is 11.8. The van der Waals surface area contributed by atoms with E-state index < -0.39 is 0 Å². The van der Waals surface area contributed by atoms with Crippen molar-refractivity contribution < 1.29 is 9.53 Å². The second-order valence-corrected chi connectivity index (χ2v) is 5.27. The number of rotatable bonds is 5. The quantitative estimate of drug-likeness (QED) is 0.667. The van der Waals surface area contributed by atoms with Crippen molar-refractivity contribution in [3.63, 3.8) is 0 Å². The van der Waals surface area contributed by atoms with Crippen molar-refractivity contribution in [1.82, 2.24) is 4.90 Å². The molecule has 0 aliphatic carbocycles. The van der Waals surface area contributed by atoms with E-state index in [4.69, 9.17) is 4.74 Å². The number of nitrogens with zero attached hydrogens (tertiary/aromatic N) is 2. The maximum atomic E-state index is 11.8. The zero-order valence-electron chi connectivity index (χ0n) is 12.5. The molecule has 1 aromatic rings. The Kier molecular flexibility index (Phi) is 5.27. The molecule has 2 rings (SSSR count). The van der Waals surface area contributed by atoms with Gasteiger partial charge in [-0.05, 0) is 63.3 Å². The molecule has 0 saturated carbocycles. The molecule has 6 nitrogen and oxygen atoms in total. The lowest BCUT2D eigenvalue weighted by molar-refractivity contribution is 0.0526. The third-order valence-corrected chi connectivity index (χ3v) is 3.68. The van der Waals surface area contributed by atoms with Gasteiger partial charge in [0.05, 0.1) is 17.9 Å². The molecule has 0 spiro atoms. The van der Waals surface area contributed by atoms with E-state index >= 15 is 0 Å². The van der Waals surface area contributed by atoms with E-state index in [-0.39, 0.29) is 5.97 Å². The summed E-state index contributed by atoms with van der Waals surface area (Å²) in [6.07, 6.45) is 2.00. The van der Waals surface area contributed by atoms with Gasteiger partial charge in [-0.15, -0.1) is 4.91 Å². The number of likely N-dealkylation sites (tertiary alicyclic amines) is 1. The van der Waals surface area contributed by atoms with E-state index in [2.05, 4.69) is 22.4 Å². The Morgan fingerprint density at radius 1 is 1.43 bits per heavy atom. The van der Waals surface area contributed by atoms with E-state index in [0.717, 1.165) is 25.9 Å². The number of carbonyl (C=O) groups excluding carboxylic acids is 1. The largest absolute Gasteiger partial charge is 0.462 e. The number of hydrogen-bond acceptors (Lipinski definition) is 6. The van der Waals surface area contributed by atoms with E-state index in [0.29, 0.717) is 29.6 Å². The van der Waals surface area contributed by atoms with Crippen molar-refractivity contribution in [3.8, 4) is 0 Å². The monoisotopic (exact) mass is 291 g/mol. The molecule has 114 valence electrons. The molecule has 1 aliphatic heterocycles. The molecule has 0 radical (unpaired) electrons. The van der Waals surface area contributed by atoms with Crippen LogP contribution in [0.4, 0.5) is 11.4 Å². The maximum Gasteiger partial charge on any atom is 0.338 e. The highest BCUT2D eigenvalue weighted by molar-refractivity contribution is 5.92. The number of nitrogens with one attached hydrogen (secondary N) is 1. The molecule has 21 heavy (non-hydrogen) atoms. The van der Waals surface area contributed by atoms with E-state index in [1.165, 1.54) is 0 Å². The molecule has 1 saturated heterocycles. The molecular formula is C15H21N3O3. The van der Waals surface area contributed by atoms with Crippen LogP contribution in [0, 0.1) is 4.91 Å². The summed E-state index contributed by atoms with van der Waals surface area (Å²) in [6.45, 7) is 4.11. The SMILES string of the molecule is CCOC(=O)c1ccc(N=O)c(NC2CCN(C)CC2)c1. The van der Waals surface area contributed by atoms with Gasteiger partial charge >= 0.3 is 5.97 Å². The molecule has 1 N–H and O–H groups in total. The topological polar surface area (TPSA) is 71.0 Å². The highest BCUT2D eigenvalue weighted by Crippen LogP contribution is 2.28. The first-order valence-electron chi connectivity index (χ1n) is 7.23. The minimum Gasteiger partial charge on any atom is -0.462 e. The summed E-state index contributed by atoms with van der Waals surface area (Å²) < 4.78 is 4.98. The van der Waals surface area contributed by atoms with Crippen LogP contribution < -0.4 is 5.32 Å². The number of benzene rings is 1. The average Bonchev–Trinajstić information content (AvgIpc) is 2.50. The normalized spacial score (nSPS) is 16.5. The van der Waals surface area contributed by atoms with Crippen molar-refractivity contribution in [2.45, 2.75) is 25.8 Å². The van der Waals surface area contributed by atoms with Gasteiger partial charge in [0.25, 0.3) is 0 Å². The van der Waals surface area contributed by atoms with E-state index in [1.807, 2.05) is 0 Å². The van der Waals surface area contributed by atoms with Gasteiger partial charge in [0, 0.05) is 6.04 Å². The standard InChI is InChI=1S/C15H21N3O3/c1-3-21-15(19)11-4-5-13(17-20)14(10-11)16-12-6-8-18(2)9-7-12/h4-5,10,12,16H,3,6-9H2,1-2H3. The predicted molar refractivity (Wildman–Crippen MR) is 82.0 cm³/mol. The molecule has 1 heterocycles. The minimum absolute atomic E-state index is 0.291. The molecule has 0 amide bonds. The molecule has 0 aromatic heterocycles. The Labute approximate surface area is 124 Å². The zero-order valence-corrected chi connectivity index (χ0v) is 12.5. The number of esters is 1. The summed E-state index contributed by atoms with van der Waals surface area (Å²) in [5, 5.41) is 6.35. The fraction of sp³-hybridized carbons (Fsp3) is 0.533. The van der Waals surface area contributed by atoms with Gasteiger partial charge in [-0.25, -0.2) is 4.79 Å². The Morgan fingerprint density at radius 3 is 2.76 bits per heavy atom. The summed E-state index contributed by atoms with van der Waals surface area (Å²) in [4.78, 5) is 24.9. The highest BCUT2D eigenvalue weighted by Gasteiger charge is 2.18. The number of ether oxygens (including phenoxy) is 1. The third kappa shape index (κ3) is 4.01. The average molecular weight is 291 g/mol. The molecule has 0 atom stereocenters. The molecule has 1 aromatic carbocycles. The first-order chi connectivity index (χ1) is 10.1. The van der Waals surface area contributed by atoms with Gasteiger partial charge in [0.2, 0.25) is 0 Å². The second kappa shape index (κ2) is 7.17. The zero-order chi connectivity index (χ0) is 15.2. The smallest absolute Gasteiger partial charge is 0.338 e. The van der Waals surface area contributed by atoms with Crippen LogP contribution in [0.5, 0.6) is 0 Å². The Morgan fingerprint density at radius 2 is 2.14 bits per heavy atom. The number of hydrogen-bond donors (Lipinski definition) is 1. The second-order valence-electron chi connectivity index (χ2n) is 5.27. The first-order valence-corrected chi connectivity index (χ1v) is 7.23. The minimum atomic E-state index is -0.388. The van der Waals surface area contributed by atoms with Crippen molar-refractivity contribution >= 4 is 17.3 Å².